The summed E-state index contributed by atoms with van der Waals surface area (Å²) in [6, 6.07) is -0.492. The normalized spacial score (nSPS) is 19.6. The SMILES string of the molecule is COC1(c2noc(C(N)c3cnn(C)c3)n2)CCOCC1. The Morgan fingerprint density at radius 2 is 2.19 bits per heavy atom. The molecule has 8 nitrogen and oxygen atoms in total. The number of nitrogens with two attached hydrogens (primary N) is 1. The molecule has 2 N–H and O–H groups in total. The average Bonchev–Trinajstić information content (AvgIpc) is 3.16. The van der Waals surface area contributed by atoms with Gasteiger partial charge >= 0.3 is 0 Å². The van der Waals surface area contributed by atoms with Crippen LogP contribution >= 0.6 is 0 Å². The van der Waals surface area contributed by atoms with Crippen LogP contribution in [0.1, 0.15) is 36.2 Å². The van der Waals surface area contributed by atoms with Crippen LogP contribution < -0.4 is 5.73 Å². The first kappa shape index (κ1) is 14.2. The maximum absolute atomic E-state index is 6.14. The third kappa shape index (κ3) is 2.57. The fourth-order valence-corrected chi connectivity index (χ4v) is 2.51. The first-order valence-corrected chi connectivity index (χ1v) is 6.86. The molecular formula is C13H19N5O3. The van der Waals surface area contributed by atoms with Gasteiger partial charge in [-0.1, -0.05) is 5.16 Å². The molecule has 21 heavy (non-hydrogen) atoms. The standard InChI is InChI=1S/C13H19N5O3/c1-18-8-9(7-15-18)10(14)11-16-12(17-21-11)13(19-2)3-5-20-6-4-13/h7-8,10H,3-6,14H2,1-2H3. The molecular weight excluding hydrogens is 274 g/mol. The Kier molecular flexibility index (Phi) is 3.75. The van der Waals surface area contributed by atoms with Crippen molar-refractivity contribution >= 4 is 0 Å². The van der Waals surface area contributed by atoms with Gasteiger partial charge < -0.3 is 19.7 Å². The van der Waals surface area contributed by atoms with Crippen LogP contribution in [0.25, 0.3) is 0 Å². The largest absolute Gasteiger partial charge is 0.381 e. The zero-order valence-corrected chi connectivity index (χ0v) is 12.2. The summed E-state index contributed by atoms with van der Waals surface area (Å²) in [5, 5.41) is 8.16. The summed E-state index contributed by atoms with van der Waals surface area (Å²) in [6.45, 7) is 1.23. The highest BCUT2D eigenvalue weighted by Crippen LogP contribution is 2.34. The van der Waals surface area contributed by atoms with Gasteiger partial charge in [0.2, 0.25) is 11.7 Å². The van der Waals surface area contributed by atoms with Gasteiger partial charge in [-0.3, -0.25) is 4.68 Å². The van der Waals surface area contributed by atoms with E-state index < -0.39 is 11.6 Å². The van der Waals surface area contributed by atoms with Crippen molar-refractivity contribution < 1.29 is 14.0 Å². The molecule has 0 aromatic carbocycles. The van der Waals surface area contributed by atoms with Crippen molar-refractivity contribution in [3.05, 3.63) is 29.7 Å². The zero-order chi connectivity index (χ0) is 14.9. The molecule has 1 unspecified atom stereocenters. The zero-order valence-electron chi connectivity index (χ0n) is 12.2. The molecule has 1 aliphatic rings. The molecule has 2 aromatic rings. The Hall–Kier alpha value is -1.77. The lowest BCUT2D eigenvalue weighted by Crippen LogP contribution is -2.36. The van der Waals surface area contributed by atoms with Gasteiger partial charge in [-0.25, -0.2) is 0 Å². The average molecular weight is 293 g/mol. The number of hydrogen-bond donors (Lipinski definition) is 1. The summed E-state index contributed by atoms with van der Waals surface area (Å²) in [5.41, 5.74) is 6.42. The van der Waals surface area contributed by atoms with Crippen molar-refractivity contribution in [3.8, 4) is 0 Å². The van der Waals surface area contributed by atoms with Gasteiger partial charge in [0.15, 0.2) is 0 Å². The second kappa shape index (κ2) is 5.55. The Morgan fingerprint density at radius 3 is 2.81 bits per heavy atom. The minimum atomic E-state index is -0.547. The van der Waals surface area contributed by atoms with Crippen LogP contribution in [-0.2, 0) is 22.1 Å². The predicted octanol–water partition coefficient (Wildman–Crippen LogP) is 0.503. The third-order valence-corrected chi connectivity index (χ3v) is 3.89. The van der Waals surface area contributed by atoms with Crippen LogP contribution in [0.5, 0.6) is 0 Å². The topological polar surface area (TPSA) is 101 Å². The van der Waals surface area contributed by atoms with Crippen LogP contribution in [0.3, 0.4) is 0 Å². The van der Waals surface area contributed by atoms with E-state index in [0.717, 1.165) is 5.56 Å². The van der Waals surface area contributed by atoms with E-state index >= 15 is 0 Å². The molecule has 0 spiro atoms. The van der Waals surface area contributed by atoms with E-state index in [4.69, 9.17) is 19.7 Å². The minimum Gasteiger partial charge on any atom is -0.381 e. The first-order valence-electron chi connectivity index (χ1n) is 6.86. The Balaban J connectivity index is 1.85. The molecule has 2 aromatic heterocycles. The molecule has 0 aliphatic carbocycles. The van der Waals surface area contributed by atoms with E-state index in [-0.39, 0.29) is 0 Å². The summed E-state index contributed by atoms with van der Waals surface area (Å²) >= 11 is 0. The molecule has 0 saturated carbocycles. The van der Waals surface area contributed by atoms with Crippen molar-refractivity contribution in [3.63, 3.8) is 0 Å². The highest BCUT2D eigenvalue weighted by molar-refractivity contribution is 5.17. The second-order valence-corrected chi connectivity index (χ2v) is 5.19. The van der Waals surface area contributed by atoms with Gasteiger partial charge in [-0.15, -0.1) is 0 Å². The van der Waals surface area contributed by atoms with E-state index in [2.05, 4.69) is 15.2 Å². The van der Waals surface area contributed by atoms with Crippen LogP contribution in [0.4, 0.5) is 0 Å². The molecule has 8 heteroatoms. The Labute approximate surface area is 122 Å². The molecule has 1 saturated heterocycles. The van der Waals surface area contributed by atoms with Crippen molar-refractivity contribution in [2.75, 3.05) is 20.3 Å². The number of aromatic nitrogens is 4. The predicted molar refractivity (Wildman–Crippen MR) is 72.3 cm³/mol. The van der Waals surface area contributed by atoms with E-state index in [0.29, 0.717) is 37.8 Å². The summed E-state index contributed by atoms with van der Waals surface area (Å²) < 4.78 is 18.0. The molecule has 1 fully saturated rings. The lowest BCUT2D eigenvalue weighted by atomic mass is 9.93. The first-order chi connectivity index (χ1) is 10.1. The van der Waals surface area contributed by atoms with E-state index in [9.17, 15) is 0 Å². The van der Waals surface area contributed by atoms with Gasteiger partial charge in [-0.05, 0) is 0 Å². The maximum atomic E-state index is 6.14. The second-order valence-electron chi connectivity index (χ2n) is 5.19. The van der Waals surface area contributed by atoms with Gasteiger partial charge in [0.05, 0.1) is 6.20 Å². The molecule has 1 aliphatic heterocycles. The number of methoxy groups -OCH3 is 1. The number of ether oxygens (including phenoxy) is 2. The number of nitrogens with zero attached hydrogens (tertiary/aromatic N) is 4. The quantitative estimate of drug-likeness (QED) is 0.876. The Bertz CT molecular complexity index is 602. The number of rotatable bonds is 4. The summed E-state index contributed by atoms with van der Waals surface area (Å²) in [7, 11) is 3.49. The highest BCUT2D eigenvalue weighted by Gasteiger charge is 2.39. The van der Waals surface area contributed by atoms with Gasteiger partial charge in [-0.2, -0.15) is 10.1 Å². The minimum absolute atomic E-state index is 0.362. The van der Waals surface area contributed by atoms with Crippen LogP contribution in [0.15, 0.2) is 16.9 Å². The van der Waals surface area contributed by atoms with Crippen molar-refractivity contribution in [2.24, 2.45) is 12.8 Å². The summed E-state index contributed by atoms with van der Waals surface area (Å²) in [6.07, 6.45) is 4.92. The van der Waals surface area contributed by atoms with E-state index in [1.54, 1.807) is 18.0 Å². The third-order valence-electron chi connectivity index (χ3n) is 3.89. The number of hydrogen-bond acceptors (Lipinski definition) is 7. The summed E-state index contributed by atoms with van der Waals surface area (Å²) in [4.78, 5) is 4.44. The summed E-state index contributed by atoms with van der Waals surface area (Å²) in [5.74, 6) is 0.892. The molecule has 0 bridgehead atoms. The van der Waals surface area contributed by atoms with Crippen molar-refractivity contribution in [1.29, 1.82) is 0 Å². The fourth-order valence-electron chi connectivity index (χ4n) is 2.51. The van der Waals surface area contributed by atoms with E-state index in [1.807, 2.05) is 13.2 Å². The van der Waals surface area contributed by atoms with Gasteiger partial charge in [0, 0.05) is 52.0 Å². The molecule has 1 atom stereocenters. The maximum Gasteiger partial charge on any atom is 0.248 e. The van der Waals surface area contributed by atoms with E-state index in [1.165, 1.54) is 0 Å². The molecule has 114 valence electrons. The molecule has 0 amide bonds. The van der Waals surface area contributed by atoms with Crippen LogP contribution in [-0.4, -0.2) is 40.2 Å². The molecule has 0 radical (unpaired) electrons. The molecule has 3 rings (SSSR count). The van der Waals surface area contributed by atoms with Gasteiger partial charge in [0.25, 0.3) is 0 Å². The Morgan fingerprint density at radius 1 is 1.43 bits per heavy atom. The van der Waals surface area contributed by atoms with Crippen LogP contribution in [0.2, 0.25) is 0 Å². The highest BCUT2D eigenvalue weighted by atomic mass is 16.5. The van der Waals surface area contributed by atoms with Crippen molar-refractivity contribution in [1.82, 2.24) is 19.9 Å². The van der Waals surface area contributed by atoms with Crippen molar-refractivity contribution in [2.45, 2.75) is 24.5 Å². The monoisotopic (exact) mass is 293 g/mol. The smallest absolute Gasteiger partial charge is 0.248 e. The fraction of sp³-hybridized carbons (Fsp3) is 0.615. The number of aryl methyl sites for hydroxylation is 1. The van der Waals surface area contributed by atoms with Crippen LogP contribution in [0, 0.1) is 0 Å². The lowest BCUT2D eigenvalue weighted by molar-refractivity contribution is -0.101. The van der Waals surface area contributed by atoms with Gasteiger partial charge in [0.1, 0.15) is 11.6 Å². The lowest BCUT2D eigenvalue weighted by Gasteiger charge is -2.32. The molecule has 3 heterocycles.